The first kappa shape index (κ1) is 20.2. The Hall–Kier alpha value is -2.53. The predicted molar refractivity (Wildman–Crippen MR) is 104 cm³/mol. The van der Waals surface area contributed by atoms with Crippen molar-refractivity contribution in [1.29, 1.82) is 0 Å². The van der Waals surface area contributed by atoms with Crippen molar-refractivity contribution in [3.8, 4) is 0 Å². The van der Waals surface area contributed by atoms with Crippen LogP contribution in [0.2, 0.25) is 0 Å². The minimum Gasteiger partial charge on any atom is -0.462 e. The molecule has 0 saturated carbocycles. The highest BCUT2D eigenvalue weighted by molar-refractivity contribution is 7.98. The fraction of sp³-hybridized carbons (Fsp3) is 0.235. The number of carbonyl (C=O) groups excluding carboxylic acids is 1. The Kier molecular flexibility index (Phi) is 5.66. The molecule has 3 rings (SSSR count). The number of ether oxygens (including phenoxy) is 1. The Labute approximate surface area is 166 Å². The fourth-order valence-corrected chi connectivity index (χ4v) is 3.85. The Morgan fingerprint density at radius 1 is 1.36 bits per heavy atom. The minimum atomic E-state index is -4.47. The molecule has 0 amide bonds. The van der Waals surface area contributed by atoms with Crippen LogP contribution in [0.4, 0.5) is 30.4 Å². The smallest absolute Gasteiger partial charge is 0.416 e. The molecule has 0 unspecified atom stereocenters. The number of carbonyl (C=O) groups is 1. The summed E-state index contributed by atoms with van der Waals surface area (Å²) in [6, 6.07) is 4.73. The van der Waals surface area contributed by atoms with Crippen LogP contribution in [0.1, 0.15) is 22.2 Å². The van der Waals surface area contributed by atoms with Crippen LogP contribution in [0, 0.1) is 0 Å². The molecule has 148 valence electrons. The summed E-state index contributed by atoms with van der Waals surface area (Å²) in [6.07, 6.45) is -2.71. The van der Waals surface area contributed by atoms with Crippen LogP contribution in [-0.2, 0) is 10.9 Å². The molecule has 0 aliphatic carbocycles. The summed E-state index contributed by atoms with van der Waals surface area (Å²) in [5.41, 5.74) is 5.64. The average molecular weight is 428 g/mol. The van der Waals surface area contributed by atoms with Crippen LogP contribution in [-0.4, -0.2) is 28.8 Å². The quantitative estimate of drug-likeness (QED) is 0.338. The first-order valence-electron chi connectivity index (χ1n) is 8.00. The summed E-state index contributed by atoms with van der Waals surface area (Å²) in [4.78, 5) is 21.4. The van der Waals surface area contributed by atoms with E-state index < -0.39 is 17.7 Å². The lowest BCUT2D eigenvalue weighted by molar-refractivity contribution is -0.137. The topological polar surface area (TPSA) is 90.1 Å². The largest absolute Gasteiger partial charge is 0.462 e. The number of rotatable bonds is 5. The minimum absolute atomic E-state index is 0.126. The van der Waals surface area contributed by atoms with Gasteiger partial charge in [-0.2, -0.15) is 13.2 Å². The highest BCUT2D eigenvalue weighted by Gasteiger charge is 2.30. The lowest BCUT2D eigenvalue weighted by Crippen LogP contribution is -2.06. The van der Waals surface area contributed by atoms with Gasteiger partial charge in [0.25, 0.3) is 0 Å². The van der Waals surface area contributed by atoms with Gasteiger partial charge in [-0.3, -0.25) is 0 Å². The Morgan fingerprint density at radius 2 is 2.11 bits per heavy atom. The van der Waals surface area contributed by atoms with Gasteiger partial charge in [-0.15, -0.1) is 11.3 Å². The van der Waals surface area contributed by atoms with E-state index in [2.05, 4.69) is 15.3 Å². The number of hydrogen-bond donors (Lipinski definition) is 2. The van der Waals surface area contributed by atoms with E-state index in [4.69, 9.17) is 10.5 Å². The van der Waals surface area contributed by atoms with Crippen molar-refractivity contribution in [3.63, 3.8) is 0 Å². The Bertz CT molecular complexity index is 1040. The maximum atomic E-state index is 13.0. The number of esters is 1. The van der Waals surface area contributed by atoms with E-state index in [1.165, 1.54) is 23.9 Å². The van der Waals surface area contributed by atoms with E-state index in [1.807, 2.05) is 0 Å². The molecule has 0 aliphatic rings. The average Bonchev–Trinajstić information content (AvgIpc) is 2.98. The van der Waals surface area contributed by atoms with Crippen LogP contribution >= 0.6 is 23.1 Å². The number of benzene rings is 1. The zero-order chi connectivity index (χ0) is 20.5. The van der Waals surface area contributed by atoms with Gasteiger partial charge < -0.3 is 15.8 Å². The van der Waals surface area contributed by atoms with E-state index in [9.17, 15) is 18.0 Å². The number of halogens is 3. The zero-order valence-corrected chi connectivity index (χ0v) is 16.4. The molecule has 1 aromatic carbocycles. The third kappa shape index (κ3) is 3.99. The number of alkyl halides is 3. The number of hydrogen-bond acceptors (Lipinski definition) is 8. The molecule has 0 saturated heterocycles. The second-order valence-electron chi connectivity index (χ2n) is 5.51. The number of fused-ring (bicyclic) bond motifs is 1. The number of nitrogens with zero attached hydrogens (tertiary/aromatic N) is 2. The number of thiophene rings is 1. The van der Waals surface area contributed by atoms with Gasteiger partial charge >= 0.3 is 12.1 Å². The van der Waals surface area contributed by atoms with Crippen molar-refractivity contribution >= 4 is 56.5 Å². The van der Waals surface area contributed by atoms with E-state index in [0.29, 0.717) is 15.4 Å². The summed E-state index contributed by atoms with van der Waals surface area (Å²) in [5.74, 6) is -0.364. The van der Waals surface area contributed by atoms with Gasteiger partial charge in [-0.25, -0.2) is 14.8 Å². The third-order valence-corrected chi connectivity index (χ3v) is 5.29. The predicted octanol–water partition coefficient (Wildman–Crippen LogP) is 4.93. The van der Waals surface area contributed by atoms with Crippen molar-refractivity contribution in [2.75, 3.05) is 23.9 Å². The van der Waals surface area contributed by atoms with Crippen molar-refractivity contribution < 1.29 is 22.7 Å². The van der Waals surface area contributed by atoms with Gasteiger partial charge in [-0.1, -0.05) is 17.8 Å². The number of thioether (sulfide) groups is 1. The second-order valence-corrected chi connectivity index (χ2v) is 7.28. The molecule has 3 aromatic rings. The molecule has 3 N–H and O–H groups in total. The van der Waals surface area contributed by atoms with Gasteiger partial charge in [0.2, 0.25) is 0 Å². The maximum absolute atomic E-state index is 13.0. The van der Waals surface area contributed by atoms with Crippen LogP contribution < -0.4 is 11.1 Å². The Balaban J connectivity index is 2.11. The number of anilines is 3. The SMILES string of the molecule is CCOC(=O)c1sc2nc(SC)nc(Nc3cccc(C(F)(F)F)c3)c2c1N. The molecule has 11 heteroatoms. The summed E-state index contributed by atoms with van der Waals surface area (Å²) in [7, 11) is 0. The molecule has 0 aliphatic heterocycles. The molecule has 28 heavy (non-hydrogen) atoms. The molecule has 0 spiro atoms. The van der Waals surface area contributed by atoms with Gasteiger partial charge in [-0.05, 0) is 31.4 Å². The zero-order valence-electron chi connectivity index (χ0n) is 14.8. The van der Waals surface area contributed by atoms with E-state index >= 15 is 0 Å². The van der Waals surface area contributed by atoms with Gasteiger partial charge in [0.05, 0.1) is 23.2 Å². The first-order chi connectivity index (χ1) is 13.2. The van der Waals surface area contributed by atoms with E-state index in [-0.39, 0.29) is 28.7 Å². The van der Waals surface area contributed by atoms with Crippen LogP contribution in [0.15, 0.2) is 29.4 Å². The van der Waals surface area contributed by atoms with E-state index in [0.717, 1.165) is 23.5 Å². The summed E-state index contributed by atoms with van der Waals surface area (Å²) in [6.45, 7) is 1.86. The molecular formula is C17H15F3N4O2S2. The van der Waals surface area contributed by atoms with Gasteiger partial charge in [0, 0.05) is 5.69 Å². The lowest BCUT2D eigenvalue weighted by atomic mass is 10.2. The molecular weight excluding hydrogens is 413 g/mol. The summed E-state index contributed by atoms with van der Waals surface area (Å²) in [5, 5.41) is 3.62. The number of aromatic nitrogens is 2. The van der Waals surface area contributed by atoms with Crippen molar-refractivity contribution in [2.24, 2.45) is 0 Å². The van der Waals surface area contributed by atoms with Crippen molar-refractivity contribution in [3.05, 3.63) is 34.7 Å². The van der Waals surface area contributed by atoms with Crippen molar-refractivity contribution in [1.82, 2.24) is 9.97 Å². The third-order valence-electron chi connectivity index (χ3n) is 3.66. The molecule has 6 nitrogen and oxygen atoms in total. The maximum Gasteiger partial charge on any atom is 0.416 e. The molecule has 0 radical (unpaired) electrons. The van der Waals surface area contributed by atoms with Gasteiger partial charge in [0.15, 0.2) is 5.16 Å². The lowest BCUT2D eigenvalue weighted by Gasteiger charge is -2.11. The molecule has 2 aromatic heterocycles. The normalized spacial score (nSPS) is 11.6. The van der Waals surface area contributed by atoms with Crippen LogP contribution in [0.25, 0.3) is 10.2 Å². The summed E-state index contributed by atoms with van der Waals surface area (Å²) < 4.78 is 43.9. The van der Waals surface area contributed by atoms with Crippen LogP contribution in [0.5, 0.6) is 0 Å². The van der Waals surface area contributed by atoms with E-state index in [1.54, 1.807) is 13.2 Å². The van der Waals surface area contributed by atoms with Crippen molar-refractivity contribution in [2.45, 2.75) is 18.3 Å². The first-order valence-corrected chi connectivity index (χ1v) is 10.0. The molecule has 2 heterocycles. The van der Waals surface area contributed by atoms with Crippen LogP contribution in [0.3, 0.4) is 0 Å². The number of nitrogen functional groups attached to an aromatic ring is 1. The summed E-state index contributed by atoms with van der Waals surface area (Å²) >= 11 is 2.31. The number of nitrogens with one attached hydrogen (secondary N) is 1. The standard InChI is InChI=1S/C17H15F3N4O2S2/c1-3-26-15(25)12-11(21)10-13(23-16(27-2)24-14(10)28-12)22-9-6-4-5-8(7-9)17(18,19)20/h4-7H,3,21H2,1-2H3,(H,22,23,24). The monoisotopic (exact) mass is 428 g/mol. The second kappa shape index (κ2) is 7.84. The molecule has 0 fully saturated rings. The highest BCUT2D eigenvalue weighted by Crippen LogP contribution is 2.39. The highest BCUT2D eigenvalue weighted by atomic mass is 32.2. The number of nitrogens with two attached hydrogens (primary N) is 1. The molecule has 0 atom stereocenters. The van der Waals surface area contributed by atoms with Gasteiger partial charge in [0.1, 0.15) is 15.5 Å². The Morgan fingerprint density at radius 3 is 2.75 bits per heavy atom. The molecule has 0 bridgehead atoms. The fourth-order valence-electron chi connectivity index (χ4n) is 2.44.